The van der Waals surface area contributed by atoms with Crippen LogP contribution in [0.25, 0.3) is 33.2 Å². The molecule has 2 bridgehead atoms. The van der Waals surface area contributed by atoms with Gasteiger partial charge in [-0.1, -0.05) is 0 Å². The van der Waals surface area contributed by atoms with Gasteiger partial charge in [0.15, 0.2) is 5.82 Å². The summed E-state index contributed by atoms with van der Waals surface area (Å²) in [5, 5.41) is 16.1. The molecule has 0 unspecified atom stereocenters. The highest BCUT2D eigenvalue weighted by atomic mass is 16.3. The van der Waals surface area contributed by atoms with Gasteiger partial charge in [0.25, 0.3) is 5.56 Å². The molecule has 0 radical (unpaired) electrons. The van der Waals surface area contributed by atoms with E-state index in [0.29, 0.717) is 27.8 Å². The van der Waals surface area contributed by atoms with Crippen molar-refractivity contribution in [1.82, 2.24) is 24.3 Å². The summed E-state index contributed by atoms with van der Waals surface area (Å²) >= 11 is 0. The van der Waals surface area contributed by atoms with Crippen molar-refractivity contribution in [3.05, 3.63) is 47.1 Å². The van der Waals surface area contributed by atoms with Gasteiger partial charge in [-0.05, 0) is 44.2 Å². The Kier molecular flexibility index (Phi) is 3.32. The molecule has 0 amide bonds. The van der Waals surface area contributed by atoms with E-state index in [-0.39, 0.29) is 22.4 Å². The van der Waals surface area contributed by atoms with Gasteiger partial charge in [0, 0.05) is 48.2 Å². The molecule has 2 aliphatic carbocycles. The van der Waals surface area contributed by atoms with Gasteiger partial charge in [0.1, 0.15) is 5.75 Å². The van der Waals surface area contributed by atoms with Crippen molar-refractivity contribution in [1.29, 1.82) is 0 Å². The maximum absolute atomic E-state index is 13.3. The Hall–Kier alpha value is -3.26. The molecular weight excluding hydrogens is 380 g/mol. The van der Waals surface area contributed by atoms with Crippen LogP contribution in [-0.2, 0) is 12.6 Å². The molecule has 2 aliphatic rings. The minimum Gasteiger partial charge on any atom is -0.507 e. The lowest BCUT2D eigenvalue weighted by molar-refractivity contribution is 0.283. The first-order valence-corrected chi connectivity index (χ1v) is 10.2. The third kappa shape index (κ3) is 2.37. The van der Waals surface area contributed by atoms with E-state index in [1.54, 1.807) is 16.9 Å². The fraction of sp³-hybridized carbons (Fsp3) is 0.364. The maximum Gasteiger partial charge on any atom is 0.262 e. The second-order valence-corrected chi connectivity index (χ2v) is 8.98. The molecule has 30 heavy (non-hydrogen) atoms. The minimum atomic E-state index is -0.178. The van der Waals surface area contributed by atoms with Crippen molar-refractivity contribution >= 4 is 21.8 Å². The Morgan fingerprint density at radius 3 is 2.70 bits per heavy atom. The molecule has 6 rings (SSSR count). The number of aromatic nitrogens is 5. The fourth-order valence-electron chi connectivity index (χ4n) is 5.44. The molecule has 3 N–H and O–H groups in total. The van der Waals surface area contributed by atoms with Gasteiger partial charge in [0.2, 0.25) is 0 Å². The molecule has 3 aromatic heterocycles. The van der Waals surface area contributed by atoms with Crippen molar-refractivity contribution < 1.29 is 5.11 Å². The molecule has 0 atom stereocenters. The van der Waals surface area contributed by atoms with Gasteiger partial charge in [-0.3, -0.25) is 9.48 Å². The predicted octanol–water partition coefficient (Wildman–Crippen LogP) is 2.42. The van der Waals surface area contributed by atoms with E-state index in [4.69, 9.17) is 5.73 Å². The Labute approximate surface area is 172 Å². The molecule has 1 aromatic carbocycles. The van der Waals surface area contributed by atoms with E-state index < -0.39 is 0 Å². The quantitative estimate of drug-likeness (QED) is 0.533. The zero-order valence-electron chi connectivity index (χ0n) is 16.7. The number of pyridine rings is 1. The molecule has 8 nitrogen and oxygen atoms in total. The average molecular weight is 402 g/mol. The molecule has 2 saturated carbocycles. The summed E-state index contributed by atoms with van der Waals surface area (Å²) in [6.07, 6.45) is 9.94. The largest absolute Gasteiger partial charge is 0.507 e. The Balaban J connectivity index is 1.47. The number of aromatic hydroxyl groups is 1. The van der Waals surface area contributed by atoms with E-state index in [0.717, 1.165) is 37.5 Å². The lowest BCUT2D eigenvalue weighted by atomic mass is 9.91. The van der Waals surface area contributed by atoms with Crippen LogP contribution in [0.1, 0.15) is 32.1 Å². The third-order valence-electron chi connectivity index (χ3n) is 6.99. The first kappa shape index (κ1) is 17.6. The normalized spacial score (nSPS) is 25.5. The van der Waals surface area contributed by atoms with Crippen LogP contribution in [0.2, 0.25) is 0 Å². The molecule has 4 aromatic rings. The summed E-state index contributed by atoms with van der Waals surface area (Å²) in [4.78, 5) is 22.3. The predicted molar refractivity (Wildman–Crippen MR) is 113 cm³/mol. The average Bonchev–Trinajstić information content (AvgIpc) is 3.36. The number of rotatable bonds is 2. The first-order valence-electron chi connectivity index (χ1n) is 10.2. The summed E-state index contributed by atoms with van der Waals surface area (Å²) in [5.41, 5.74) is 7.86. The van der Waals surface area contributed by atoms with Gasteiger partial charge in [-0.15, -0.1) is 0 Å². The molecule has 0 spiro atoms. The number of benzene rings is 1. The number of hydrogen-bond acceptors (Lipinski definition) is 6. The molecular formula is C22H22N6O2. The Morgan fingerprint density at radius 2 is 1.97 bits per heavy atom. The zero-order chi connectivity index (χ0) is 20.7. The zero-order valence-corrected chi connectivity index (χ0v) is 16.7. The van der Waals surface area contributed by atoms with Crippen molar-refractivity contribution in [2.45, 2.75) is 43.2 Å². The third-order valence-corrected chi connectivity index (χ3v) is 6.99. The van der Waals surface area contributed by atoms with Crippen LogP contribution >= 0.6 is 0 Å². The number of hydrogen-bond donors (Lipinski definition) is 2. The van der Waals surface area contributed by atoms with Gasteiger partial charge in [0.05, 0.1) is 22.0 Å². The van der Waals surface area contributed by atoms with E-state index in [1.807, 2.05) is 36.1 Å². The summed E-state index contributed by atoms with van der Waals surface area (Å²) in [7, 11) is 1.83. The second-order valence-electron chi connectivity index (χ2n) is 8.98. The highest BCUT2D eigenvalue weighted by Crippen LogP contribution is 2.53. The summed E-state index contributed by atoms with van der Waals surface area (Å²) in [5.74, 6) is 0.438. The van der Waals surface area contributed by atoms with Crippen LogP contribution in [0.3, 0.4) is 0 Å². The lowest BCUT2D eigenvalue weighted by Crippen LogP contribution is -2.37. The fourth-order valence-corrected chi connectivity index (χ4v) is 5.44. The Morgan fingerprint density at radius 1 is 1.17 bits per heavy atom. The maximum atomic E-state index is 13.3. The topological polar surface area (TPSA) is 112 Å². The van der Waals surface area contributed by atoms with E-state index in [2.05, 4.69) is 15.1 Å². The molecule has 0 saturated heterocycles. The monoisotopic (exact) mass is 402 g/mol. The smallest absolute Gasteiger partial charge is 0.262 e. The van der Waals surface area contributed by atoms with Crippen LogP contribution in [0.4, 0.5) is 0 Å². The van der Waals surface area contributed by atoms with Crippen LogP contribution in [0.15, 0.2) is 41.6 Å². The number of phenolic OH excluding ortho intramolecular Hbond substituents is 1. The van der Waals surface area contributed by atoms with Crippen LogP contribution in [-0.4, -0.2) is 35.0 Å². The number of fused-ring (bicyclic) bond motifs is 4. The van der Waals surface area contributed by atoms with Crippen LogP contribution in [0, 0.1) is 0 Å². The molecule has 2 fully saturated rings. The first-order chi connectivity index (χ1) is 14.4. The van der Waals surface area contributed by atoms with Crippen LogP contribution in [0.5, 0.6) is 5.75 Å². The van der Waals surface area contributed by atoms with Gasteiger partial charge >= 0.3 is 0 Å². The minimum absolute atomic E-state index is 0.0592. The van der Waals surface area contributed by atoms with E-state index >= 15 is 0 Å². The van der Waals surface area contributed by atoms with Crippen molar-refractivity contribution in [3.8, 4) is 17.1 Å². The highest BCUT2D eigenvalue weighted by molar-refractivity contribution is 5.87. The molecule has 152 valence electrons. The number of aryl methyl sites for hydroxylation is 1. The Bertz CT molecular complexity index is 1390. The summed E-state index contributed by atoms with van der Waals surface area (Å²) in [6, 6.07) is 5.29. The standard InChI is InChI=1S/C22H22N6O2/c1-27-11-13-8-14(18(29)9-17(13)26-27)19-24-10-15-16(25-19)2-7-28(20(15)30)22-5-3-21(23,12-22)4-6-22/h2,7-11,29H,3-6,12,23H2,1H3. The highest BCUT2D eigenvalue weighted by Gasteiger charge is 2.53. The van der Waals surface area contributed by atoms with E-state index in [9.17, 15) is 9.90 Å². The van der Waals surface area contributed by atoms with Crippen molar-refractivity contribution in [3.63, 3.8) is 0 Å². The molecule has 0 aliphatic heterocycles. The summed E-state index contributed by atoms with van der Waals surface area (Å²) < 4.78 is 3.55. The molecule has 3 heterocycles. The van der Waals surface area contributed by atoms with Crippen molar-refractivity contribution in [2.24, 2.45) is 12.8 Å². The van der Waals surface area contributed by atoms with Gasteiger partial charge in [-0.2, -0.15) is 5.10 Å². The second kappa shape index (κ2) is 5.66. The van der Waals surface area contributed by atoms with Gasteiger partial charge < -0.3 is 15.4 Å². The molecule has 8 heteroatoms. The van der Waals surface area contributed by atoms with E-state index in [1.165, 1.54) is 0 Å². The summed E-state index contributed by atoms with van der Waals surface area (Å²) in [6.45, 7) is 0. The number of nitrogens with zero attached hydrogens (tertiary/aromatic N) is 5. The number of phenols is 1. The lowest BCUT2D eigenvalue weighted by Gasteiger charge is -2.29. The van der Waals surface area contributed by atoms with Gasteiger partial charge in [-0.25, -0.2) is 9.97 Å². The van der Waals surface area contributed by atoms with Crippen LogP contribution < -0.4 is 11.3 Å². The number of nitrogens with two attached hydrogens (primary N) is 1. The SMILES string of the molecule is Cn1cc2cc(-c3ncc4c(=O)n(C56CCC(N)(CC5)C6)ccc4n3)c(O)cc2n1. The van der Waals surface area contributed by atoms with Crippen molar-refractivity contribution in [2.75, 3.05) is 0 Å².